The summed E-state index contributed by atoms with van der Waals surface area (Å²) in [4.78, 5) is 40.4. The second kappa shape index (κ2) is 9.29. The Morgan fingerprint density at radius 2 is 1.66 bits per heavy atom. The highest BCUT2D eigenvalue weighted by atomic mass is 32.1. The summed E-state index contributed by atoms with van der Waals surface area (Å²) in [5.41, 5.74) is -0.566. The van der Waals surface area contributed by atoms with E-state index in [9.17, 15) is 36.3 Å². The van der Waals surface area contributed by atoms with Crippen LogP contribution in [0.3, 0.4) is 0 Å². The molecule has 0 aliphatic heterocycles. The Morgan fingerprint density at radius 1 is 1.00 bits per heavy atom. The first kappa shape index (κ1) is 24.1. The summed E-state index contributed by atoms with van der Waals surface area (Å²) in [6.07, 6.45) is 0.425. The van der Waals surface area contributed by atoms with Crippen LogP contribution in [-0.4, -0.2) is 16.9 Å². The number of hydrogen-bond acceptors (Lipinski definition) is 5. The molecular formula is C23H13F5N2O4S. The molecule has 6 nitrogen and oxygen atoms in total. The van der Waals surface area contributed by atoms with Crippen LogP contribution in [0.15, 0.2) is 39.8 Å². The van der Waals surface area contributed by atoms with Gasteiger partial charge in [0.05, 0.1) is 16.8 Å². The number of esters is 1. The number of benzene rings is 2. The van der Waals surface area contributed by atoms with Gasteiger partial charge in [-0.1, -0.05) is 19.1 Å². The van der Waals surface area contributed by atoms with Gasteiger partial charge in [0.2, 0.25) is 34.8 Å². The summed E-state index contributed by atoms with van der Waals surface area (Å²) >= 11 is 1.36. The standard InChI is InChI=1S/C23H13F5N2O4S/c1-2-9-3-4-10-7-12(23(33)34-20-17(27)15(25)14(24)16(26)18(20)28)21(31)30-19(10)13(9)22(32)29-11-5-6-35-8-11/h3-8H,2H2,1H3,(H,29,32)(H,30,31). The van der Waals surface area contributed by atoms with Crippen LogP contribution < -0.4 is 15.6 Å². The first-order chi connectivity index (χ1) is 16.6. The van der Waals surface area contributed by atoms with Crippen molar-refractivity contribution < 1.29 is 36.3 Å². The fourth-order valence-corrected chi connectivity index (χ4v) is 3.96. The highest BCUT2D eigenvalue weighted by Crippen LogP contribution is 2.30. The van der Waals surface area contributed by atoms with Crippen molar-refractivity contribution in [2.24, 2.45) is 0 Å². The third kappa shape index (κ3) is 4.28. The van der Waals surface area contributed by atoms with Crippen molar-refractivity contribution in [3.8, 4) is 5.75 Å². The van der Waals surface area contributed by atoms with E-state index in [4.69, 9.17) is 0 Å². The number of carbonyl (C=O) groups is 2. The largest absolute Gasteiger partial charge is 0.416 e. The van der Waals surface area contributed by atoms with E-state index in [0.717, 1.165) is 6.07 Å². The van der Waals surface area contributed by atoms with Gasteiger partial charge in [0.25, 0.3) is 11.5 Å². The van der Waals surface area contributed by atoms with E-state index in [-0.39, 0.29) is 16.5 Å². The number of nitrogens with one attached hydrogen (secondary N) is 2. The summed E-state index contributed by atoms with van der Waals surface area (Å²) in [6, 6.07) is 5.74. The third-order valence-electron chi connectivity index (χ3n) is 5.08. The number of H-pyrrole nitrogens is 1. The Morgan fingerprint density at radius 3 is 2.26 bits per heavy atom. The second-order valence-corrected chi connectivity index (χ2v) is 7.96. The molecule has 0 fully saturated rings. The lowest BCUT2D eigenvalue weighted by atomic mass is 9.99. The number of hydrogen-bond donors (Lipinski definition) is 2. The number of anilines is 1. The minimum Gasteiger partial charge on any atom is -0.416 e. The smallest absolute Gasteiger partial charge is 0.349 e. The molecule has 2 aromatic heterocycles. The van der Waals surface area contributed by atoms with E-state index < -0.39 is 57.8 Å². The van der Waals surface area contributed by atoms with Gasteiger partial charge in [-0.05, 0) is 34.9 Å². The minimum absolute atomic E-state index is 0.0786. The summed E-state index contributed by atoms with van der Waals surface area (Å²) in [5, 5.41) is 6.33. The highest BCUT2D eigenvalue weighted by molar-refractivity contribution is 7.08. The fraction of sp³-hybridized carbons (Fsp3) is 0.0870. The van der Waals surface area contributed by atoms with Crippen LogP contribution in [-0.2, 0) is 6.42 Å². The Labute approximate surface area is 197 Å². The molecule has 0 saturated carbocycles. The van der Waals surface area contributed by atoms with E-state index in [1.165, 1.54) is 17.4 Å². The van der Waals surface area contributed by atoms with Crippen LogP contribution in [0.5, 0.6) is 5.75 Å². The monoisotopic (exact) mass is 508 g/mol. The molecule has 0 unspecified atom stereocenters. The lowest BCUT2D eigenvalue weighted by molar-refractivity contribution is 0.0714. The molecule has 180 valence electrons. The molecule has 0 saturated heterocycles. The van der Waals surface area contributed by atoms with Gasteiger partial charge in [0.1, 0.15) is 5.56 Å². The number of carbonyl (C=O) groups excluding carboxylic acids is 2. The van der Waals surface area contributed by atoms with Crippen molar-refractivity contribution in [1.82, 2.24) is 4.98 Å². The summed E-state index contributed by atoms with van der Waals surface area (Å²) < 4.78 is 72.2. The number of amides is 1. The van der Waals surface area contributed by atoms with Crippen molar-refractivity contribution >= 4 is 39.8 Å². The summed E-state index contributed by atoms with van der Waals surface area (Å²) in [5.74, 6) is -15.8. The molecule has 0 bridgehead atoms. The molecule has 4 aromatic rings. The highest BCUT2D eigenvalue weighted by Gasteiger charge is 2.30. The van der Waals surface area contributed by atoms with Gasteiger partial charge in [-0.3, -0.25) is 9.59 Å². The number of aromatic amines is 1. The fourth-order valence-electron chi connectivity index (χ4n) is 3.38. The molecule has 0 radical (unpaired) electrons. The first-order valence-corrected chi connectivity index (χ1v) is 10.8. The molecule has 2 aromatic carbocycles. The van der Waals surface area contributed by atoms with Crippen molar-refractivity contribution in [3.63, 3.8) is 0 Å². The topological polar surface area (TPSA) is 88.3 Å². The predicted octanol–water partition coefficient (Wildman–Crippen LogP) is 5.32. The first-order valence-electron chi connectivity index (χ1n) is 9.90. The van der Waals surface area contributed by atoms with Crippen LogP contribution >= 0.6 is 11.3 Å². The maximum atomic E-state index is 13.9. The van der Waals surface area contributed by atoms with E-state index in [2.05, 4.69) is 15.0 Å². The van der Waals surface area contributed by atoms with Crippen LogP contribution in [0.25, 0.3) is 10.9 Å². The van der Waals surface area contributed by atoms with Gasteiger partial charge in [0, 0.05) is 5.38 Å². The third-order valence-corrected chi connectivity index (χ3v) is 5.76. The van der Waals surface area contributed by atoms with Crippen LogP contribution in [0.1, 0.15) is 33.2 Å². The maximum absolute atomic E-state index is 13.9. The number of fused-ring (bicyclic) bond motifs is 1. The predicted molar refractivity (Wildman–Crippen MR) is 117 cm³/mol. The number of aromatic nitrogens is 1. The molecule has 2 N–H and O–H groups in total. The van der Waals surface area contributed by atoms with Gasteiger partial charge in [-0.15, -0.1) is 0 Å². The summed E-state index contributed by atoms with van der Waals surface area (Å²) in [7, 11) is 0. The normalized spacial score (nSPS) is 11.0. The van der Waals surface area contributed by atoms with Crippen LogP contribution in [0.4, 0.5) is 27.6 Å². The van der Waals surface area contributed by atoms with E-state index in [0.29, 0.717) is 17.7 Å². The van der Waals surface area contributed by atoms with E-state index >= 15 is 0 Å². The lowest BCUT2D eigenvalue weighted by Gasteiger charge is -2.13. The SMILES string of the molecule is CCc1ccc2cc(C(=O)Oc3c(F)c(F)c(F)c(F)c3F)c(=O)[nH]c2c1C(=O)Nc1ccsc1. The quantitative estimate of drug-likeness (QED) is 0.126. The number of ether oxygens (including phenoxy) is 1. The average Bonchev–Trinajstić information content (AvgIpc) is 3.35. The Kier molecular flexibility index (Phi) is 6.39. The zero-order chi connectivity index (χ0) is 25.4. The number of aryl methyl sites for hydroxylation is 1. The number of thiophene rings is 1. The van der Waals surface area contributed by atoms with Crippen LogP contribution in [0, 0.1) is 29.1 Å². The molecule has 0 spiro atoms. The van der Waals surface area contributed by atoms with Gasteiger partial charge in [0.15, 0.2) is 0 Å². The van der Waals surface area contributed by atoms with E-state index in [1.54, 1.807) is 29.8 Å². The van der Waals surface area contributed by atoms with Crippen molar-refractivity contribution in [2.45, 2.75) is 13.3 Å². The molecule has 0 atom stereocenters. The van der Waals surface area contributed by atoms with Gasteiger partial charge < -0.3 is 15.0 Å². The lowest BCUT2D eigenvalue weighted by Crippen LogP contribution is -2.24. The number of pyridine rings is 1. The Balaban J connectivity index is 1.77. The van der Waals surface area contributed by atoms with Crippen molar-refractivity contribution in [1.29, 1.82) is 0 Å². The van der Waals surface area contributed by atoms with E-state index in [1.807, 2.05) is 0 Å². The molecular weight excluding hydrogens is 495 g/mol. The van der Waals surface area contributed by atoms with Gasteiger partial charge in [-0.2, -0.15) is 20.1 Å². The molecule has 4 rings (SSSR count). The molecule has 2 heterocycles. The van der Waals surface area contributed by atoms with Gasteiger partial charge in [-0.25, -0.2) is 18.0 Å². The molecule has 1 amide bonds. The molecule has 35 heavy (non-hydrogen) atoms. The Bertz CT molecular complexity index is 1520. The molecule has 12 heteroatoms. The molecule has 0 aliphatic rings. The van der Waals surface area contributed by atoms with Crippen LogP contribution in [0.2, 0.25) is 0 Å². The molecule has 0 aliphatic carbocycles. The minimum atomic E-state index is -2.43. The zero-order valence-corrected chi connectivity index (χ0v) is 18.4. The maximum Gasteiger partial charge on any atom is 0.349 e. The van der Waals surface area contributed by atoms with Crippen molar-refractivity contribution in [2.75, 3.05) is 5.32 Å². The summed E-state index contributed by atoms with van der Waals surface area (Å²) in [6.45, 7) is 1.79. The Hall–Kier alpha value is -4.06. The number of rotatable bonds is 5. The zero-order valence-electron chi connectivity index (χ0n) is 17.6. The number of halogens is 5. The van der Waals surface area contributed by atoms with Crippen molar-refractivity contribution in [3.05, 3.63) is 91.2 Å². The van der Waals surface area contributed by atoms with Gasteiger partial charge >= 0.3 is 5.97 Å². The average molecular weight is 508 g/mol. The second-order valence-electron chi connectivity index (χ2n) is 7.18.